The lowest BCUT2D eigenvalue weighted by Crippen LogP contribution is -2.49. The molecule has 0 radical (unpaired) electrons. The number of carbonyl (C=O) groups excluding carboxylic acids is 1. The predicted octanol–water partition coefficient (Wildman–Crippen LogP) is 0.751. The van der Waals surface area contributed by atoms with Crippen LogP contribution in [0.15, 0.2) is 0 Å². The number of morpholine rings is 1. The van der Waals surface area contributed by atoms with Gasteiger partial charge in [-0.2, -0.15) is 0 Å². The summed E-state index contributed by atoms with van der Waals surface area (Å²) in [5.74, 6) is -0.877. The van der Waals surface area contributed by atoms with Gasteiger partial charge < -0.3 is 19.5 Å². The van der Waals surface area contributed by atoms with Gasteiger partial charge in [0.15, 0.2) is 0 Å². The predicted molar refractivity (Wildman–Crippen MR) is 71.3 cm³/mol. The van der Waals surface area contributed by atoms with Crippen molar-refractivity contribution in [1.82, 2.24) is 4.90 Å². The summed E-state index contributed by atoms with van der Waals surface area (Å²) in [5.41, 5.74) is 0. The minimum Gasteiger partial charge on any atom is -0.481 e. The van der Waals surface area contributed by atoms with Gasteiger partial charge >= 0.3 is 5.97 Å². The molecule has 0 aromatic heterocycles. The number of amides is 1. The fourth-order valence-corrected chi connectivity index (χ4v) is 3.05. The highest BCUT2D eigenvalue weighted by Crippen LogP contribution is 2.30. The largest absolute Gasteiger partial charge is 0.481 e. The molecular weight excluding hydrogens is 262 g/mol. The zero-order chi connectivity index (χ0) is 14.5. The molecule has 0 spiro atoms. The lowest BCUT2D eigenvalue weighted by Gasteiger charge is -2.36. The number of rotatable bonds is 4. The minimum atomic E-state index is -0.734. The summed E-state index contributed by atoms with van der Waals surface area (Å²) in [6.45, 7) is 2.24. The van der Waals surface area contributed by atoms with E-state index in [0.717, 1.165) is 0 Å². The van der Waals surface area contributed by atoms with Crippen LogP contribution in [-0.2, 0) is 19.1 Å². The molecule has 0 aromatic carbocycles. The highest BCUT2D eigenvalue weighted by Gasteiger charge is 2.33. The molecule has 0 aromatic rings. The molecule has 2 fully saturated rings. The van der Waals surface area contributed by atoms with Crippen LogP contribution < -0.4 is 0 Å². The lowest BCUT2D eigenvalue weighted by molar-refractivity contribution is -0.149. The van der Waals surface area contributed by atoms with Crippen molar-refractivity contribution in [2.24, 2.45) is 11.8 Å². The molecule has 1 aliphatic carbocycles. The standard InChI is InChI=1S/C14H23NO5/c1-19-9-12-8-15(6-7-20-12)13(16)10-2-4-11(5-3-10)14(17)18/h10-12H,2-9H2,1H3,(H,17,18). The maximum absolute atomic E-state index is 12.5. The van der Waals surface area contributed by atoms with Crippen LogP contribution in [0, 0.1) is 11.8 Å². The van der Waals surface area contributed by atoms with Gasteiger partial charge in [-0.15, -0.1) is 0 Å². The second-order valence-corrected chi connectivity index (χ2v) is 5.62. The molecule has 1 aliphatic heterocycles. The quantitative estimate of drug-likeness (QED) is 0.825. The van der Waals surface area contributed by atoms with E-state index in [4.69, 9.17) is 14.6 Å². The number of ether oxygens (including phenoxy) is 2. The Bertz CT molecular complexity index is 349. The molecule has 6 heteroatoms. The first kappa shape index (κ1) is 15.3. The number of hydrogen-bond donors (Lipinski definition) is 1. The van der Waals surface area contributed by atoms with Gasteiger partial charge in [0.25, 0.3) is 0 Å². The van der Waals surface area contributed by atoms with Gasteiger partial charge in [0.2, 0.25) is 5.91 Å². The number of hydrogen-bond acceptors (Lipinski definition) is 4. The van der Waals surface area contributed by atoms with Crippen LogP contribution in [0.4, 0.5) is 0 Å². The molecule has 0 bridgehead atoms. The zero-order valence-corrected chi connectivity index (χ0v) is 11.9. The van der Waals surface area contributed by atoms with Crippen LogP contribution in [0.25, 0.3) is 0 Å². The smallest absolute Gasteiger partial charge is 0.306 e. The Morgan fingerprint density at radius 2 is 1.90 bits per heavy atom. The Balaban J connectivity index is 1.84. The van der Waals surface area contributed by atoms with Gasteiger partial charge in [0, 0.05) is 26.1 Å². The van der Waals surface area contributed by atoms with E-state index in [1.165, 1.54) is 0 Å². The molecule has 1 amide bonds. The van der Waals surface area contributed by atoms with Crippen LogP contribution in [-0.4, -0.2) is 61.4 Å². The average Bonchev–Trinajstić information content (AvgIpc) is 2.47. The van der Waals surface area contributed by atoms with E-state index < -0.39 is 5.97 Å². The SMILES string of the molecule is COCC1CN(C(=O)C2CCC(C(=O)O)CC2)CCO1. The highest BCUT2D eigenvalue weighted by atomic mass is 16.5. The monoisotopic (exact) mass is 285 g/mol. The number of nitrogens with zero attached hydrogens (tertiary/aromatic N) is 1. The summed E-state index contributed by atoms with van der Waals surface area (Å²) in [7, 11) is 1.62. The third-order valence-electron chi connectivity index (χ3n) is 4.23. The highest BCUT2D eigenvalue weighted by molar-refractivity contribution is 5.79. The second kappa shape index (κ2) is 7.04. The van der Waals surface area contributed by atoms with Crippen molar-refractivity contribution in [2.45, 2.75) is 31.8 Å². The van der Waals surface area contributed by atoms with Crippen molar-refractivity contribution < 1.29 is 24.2 Å². The van der Waals surface area contributed by atoms with Gasteiger partial charge in [-0.3, -0.25) is 9.59 Å². The van der Waals surface area contributed by atoms with E-state index in [9.17, 15) is 9.59 Å². The number of aliphatic carboxylic acids is 1. The topological polar surface area (TPSA) is 76.1 Å². The van der Waals surface area contributed by atoms with E-state index in [2.05, 4.69) is 0 Å². The van der Waals surface area contributed by atoms with Crippen LogP contribution in [0.2, 0.25) is 0 Å². The Labute approximate surface area is 119 Å². The van der Waals surface area contributed by atoms with E-state index in [0.29, 0.717) is 52.0 Å². The van der Waals surface area contributed by atoms with Crippen molar-refractivity contribution >= 4 is 11.9 Å². The summed E-state index contributed by atoms with van der Waals surface area (Å²) in [5, 5.41) is 8.98. The maximum atomic E-state index is 12.5. The molecule has 1 saturated heterocycles. The molecule has 1 N–H and O–H groups in total. The van der Waals surface area contributed by atoms with Crippen molar-refractivity contribution in [1.29, 1.82) is 0 Å². The normalized spacial score (nSPS) is 31.1. The van der Waals surface area contributed by atoms with Crippen molar-refractivity contribution in [3.8, 4) is 0 Å². The molecule has 2 aliphatic rings. The fourth-order valence-electron chi connectivity index (χ4n) is 3.05. The van der Waals surface area contributed by atoms with E-state index >= 15 is 0 Å². The van der Waals surface area contributed by atoms with Crippen LogP contribution in [0.3, 0.4) is 0 Å². The molecule has 20 heavy (non-hydrogen) atoms. The Morgan fingerprint density at radius 1 is 1.25 bits per heavy atom. The lowest BCUT2D eigenvalue weighted by atomic mass is 9.81. The van der Waals surface area contributed by atoms with Crippen LogP contribution >= 0.6 is 0 Å². The van der Waals surface area contributed by atoms with Gasteiger partial charge in [-0.05, 0) is 25.7 Å². The molecule has 114 valence electrons. The van der Waals surface area contributed by atoms with E-state index in [1.807, 2.05) is 4.90 Å². The summed E-state index contributed by atoms with van der Waals surface area (Å²) in [6, 6.07) is 0. The van der Waals surface area contributed by atoms with E-state index in [-0.39, 0.29) is 23.8 Å². The van der Waals surface area contributed by atoms with Gasteiger partial charge in [0.05, 0.1) is 25.2 Å². The Kier molecular flexibility index (Phi) is 5.37. The second-order valence-electron chi connectivity index (χ2n) is 5.62. The number of carbonyl (C=O) groups is 2. The minimum absolute atomic E-state index is 0.0214. The average molecular weight is 285 g/mol. The van der Waals surface area contributed by atoms with E-state index in [1.54, 1.807) is 7.11 Å². The van der Waals surface area contributed by atoms with Crippen LogP contribution in [0.5, 0.6) is 0 Å². The summed E-state index contributed by atoms with van der Waals surface area (Å²) >= 11 is 0. The summed E-state index contributed by atoms with van der Waals surface area (Å²) in [4.78, 5) is 25.2. The molecular formula is C14H23NO5. The van der Waals surface area contributed by atoms with Gasteiger partial charge in [0.1, 0.15) is 0 Å². The Hall–Kier alpha value is -1.14. The zero-order valence-electron chi connectivity index (χ0n) is 11.9. The molecule has 1 atom stereocenters. The molecule has 1 unspecified atom stereocenters. The number of methoxy groups -OCH3 is 1. The maximum Gasteiger partial charge on any atom is 0.306 e. The first-order chi connectivity index (χ1) is 9.61. The summed E-state index contributed by atoms with van der Waals surface area (Å²) < 4.78 is 10.6. The van der Waals surface area contributed by atoms with Crippen LogP contribution in [0.1, 0.15) is 25.7 Å². The molecule has 2 rings (SSSR count). The first-order valence-corrected chi connectivity index (χ1v) is 7.24. The van der Waals surface area contributed by atoms with Gasteiger partial charge in [-0.1, -0.05) is 0 Å². The third kappa shape index (κ3) is 3.70. The summed E-state index contributed by atoms with van der Waals surface area (Å²) in [6.07, 6.45) is 2.53. The first-order valence-electron chi connectivity index (χ1n) is 7.24. The fraction of sp³-hybridized carbons (Fsp3) is 0.857. The van der Waals surface area contributed by atoms with Gasteiger partial charge in [-0.25, -0.2) is 0 Å². The molecule has 6 nitrogen and oxygen atoms in total. The molecule has 1 saturated carbocycles. The molecule has 1 heterocycles. The van der Waals surface area contributed by atoms with Crippen molar-refractivity contribution in [2.75, 3.05) is 33.4 Å². The number of carboxylic acid groups (broad SMARTS) is 1. The van der Waals surface area contributed by atoms with Crippen molar-refractivity contribution in [3.05, 3.63) is 0 Å². The third-order valence-corrected chi connectivity index (χ3v) is 4.23. The number of carboxylic acids is 1. The Morgan fingerprint density at radius 3 is 2.50 bits per heavy atom. The van der Waals surface area contributed by atoms with Crippen molar-refractivity contribution in [3.63, 3.8) is 0 Å².